The van der Waals surface area contributed by atoms with Crippen LogP contribution in [-0.4, -0.2) is 77.3 Å². The Kier molecular flexibility index (Phi) is 15.1. The maximum absolute atomic E-state index is 13.2. The van der Waals surface area contributed by atoms with Crippen molar-refractivity contribution in [3.05, 3.63) is 35.9 Å². The van der Waals surface area contributed by atoms with Crippen molar-refractivity contribution in [3.8, 4) is 0 Å². The van der Waals surface area contributed by atoms with Gasteiger partial charge in [-0.05, 0) is 49.8 Å². The molecule has 1 rings (SSSR count). The fourth-order valence-corrected chi connectivity index (χ4v) is 3.86. The van der Waals surface area contributed by atoms with Crippen molar-refractivity contribution in [1.82, 2.24) is 16.0 Å². The number of carboxylic acids is 1. The Morgan fingerprint density at radius 1 is 0.943 bits per heavy atom. The van der Waals surface area contributed by atoms with Crippen molar-refractivity contribution in [2.75, 3.05) is 24.3 Å². The first-order chi connectivity index (χ1) is 16.7. The monoisotopic (exact) mass is 527 g/mol. The zero-order valence-corrected chi connectivity index (χ0v) is 21.7. The number of nitrogens with two attached hydrogens (primary N) is 2. The summed E-state index contributed by atoms with van der Waals surface area (Å²) in [6.45, 7) is 0.429. The minimum Gasteiger partial charge on any atom is -0.480 e. The topological polar surface area (TPSA) is 177 Å². The Hall–Kier alpha value is -2.28. The van der Waals surface area contributed by atoms with Gasteiger partial charge in [-0.2, -0.15) is 24.4 Å². The van der Waals surface area contributed by atoms with E-state index in [0.29, 0.717) is 25.1 Å². The quantitative estimate of drug-likeness (QED) is 0.109. The molecular formula is C23H37N5O5S2. The van der Waals surface area contributed by atoms with E-state index in [4.69, 9.17) is 11.5 Å². The second kappa shape index (κ2) is 17.2. The van der Waals surface area contributed by atoms with Crippen molar-refractivity contribution in [3.63, 3.8) is 0 Å². The largest absolute Gasteiger partial charge is 0.480 e. The first-order valence-corrected chi connectivity index (χ1v) is 13.5. The third-order valence-corrected chi connectivity index (χ3v) is 6.29. The van der Waals surface area contributed by atoms with Crippen molar-refractivity contribution in [2.24, 2.45) is 11.5 Å². The summed E-state index contributed by atoms with van der Waals surface area (Å²) in [6, 6.07) is 5.17. The molecule has 0 saturated heterocycles. The van der Waals surface area contributed by atoms with E-state index in [9.17, 15) is 24.3 Å². The van der Waals surface area contributed by atoms with Crippen molar-refractivity contribution < 1.29 is 24.3 Å². The molecule has 10 nitrogen and oxygen atoms in total. The van der Waals surface area contributed by atoms with Gasteiger partial charge in [-0.25, -0.2) is 4.79 Å². The molecule has 0 bridgehead atoms. The normalized spacial score (nSPS) is 14.3. The number of aliphatic carboxylic acids is 1. The zero-order valence-electron chi connectivity index (χ0n) is 19.9. The smallest absolute Gasteiger partial charge is 0.326 e. The van der Waals surface area contributed by atoms with Crippen molar-refractivity contribution in [2.45, 2.75) is 56.3 Å². The van der Waals surface area contributed by atoms with E-state index in [0.717, 1.165) is 5.56 Å². The number of rotatable bonds is 17. The van der Waals surface area contributed by atoms with Gasteiger partial charge in [0, 0.05) is 12.2 Å². The predicted octanol–water partition coefficient (Wildman–Crippen LogP) is -0.0927. The van der Waals surface area contributed by atoms with E-state index in [2.05, 4.69) is 28.6 Å². The molecule has 0 aliphatic carbocycles. The number of carboxylic acid groups (broad SMARTS) is 1. The molecular weight excluding hydrogens is 490 g/mol. The van der Waals surface area contributed by atoms with Crippen LogP contribution in [0.3, 0.4) is 0 Å². The summed E-state index contributed by atoms with van der Waals surface area (Å²) in [6.07, 6.45) is 3.76. The van der Waals surface area contributed by atoms with Crippen LogP contribution in [0, 0.1) is 0 Å². The lowest BCUT2D eigenvalue weighted by Crippen LogP contribution is -2.57. The van der Waals surface area contributed by atoms with Crippen LogP contribution >= 0.6 is 24.4 Å². The lowest BCUT2D eigenvalue weighted by molar-refractivity contribution is -0.142. The molecule has 8 N–H and O–H groups in total. The summed E-state index contributed by atoms with van der Waals surface area (Å²) in [5.41, 5.74) is 12.0. The Morgan fingerprint density at radius 3 is 2.11 bits per heavy atom. The standard InChI is InChI=1S/C23H37N5O5S2/c1-35-12-10-17(21(30)27-18(23(32)33)9-5-6-11-24)26-22(31)19(28-20(29)16(25)14-34)13-15-7-3-2-4-8-15/h2-4,7-8,16-19,34H,5-6,9-14,24-25H2,1H3,(H,26,31)(H,27,30)(H,28,29)(H,32,33). The number of thioether (sulfide) groups is 1. The summed E-state index contributed by atoms with van der Waals surface area (Å²) in [4.78, 5) is 50.2. The van der Waals surface area contributed by atoms with Gasteiger partial charge in [0.25, 0.3) is 0 Å². The Labute approximate surface area is 216 Å². The minimum atomic E-state index is -1.15. The van der Waals surface area contributed by atoms with E-state index in [-0.39, 0.29) is 25.0 Å². The first-order valence-electron chi connectivity index (χ1n) is 11.5. The molecule has 0 aliphatic rings. The first kappa shape index (κ1) is 30.8. The van der Waals surface area contributed by atoms with Gasteiger partial charge in [-0.15, -0.1) is 0 Å². The van der Waals surface area contributed by atoms with Gasteiger partial charge >= 0.3 is 5.97 Å². The highest BCUT2D eigenvalue weighted by molar-refractivity contribution is 7.98. The Morgan fingerprint density at radius 2 is 1.54 bits per heavy atom. The van der Waals surface area contributed by atoms with Gasteiger partial charge in [0.15, 0.2) is 0 Å². The van der Waals surface area contributed by atoms with Gasteiger partial charge in [0.1, 0.15) is 18.1 Å². The van der Waals surface area contributed by atoms with E-state index in [1.165, 1.54) is 11.8 Å². The van der Waals surface area contributed by atoms with Crippen LogP contribution in [0.25, 0.3) is 0 Å². The number of unbranched alkanes of at least 4 members (excludes halogenated alkanes) is 1. The number of hydrogen-bond donors (Lipinski definition) is 7. The molecule has 196 valence electrons. The zero-order chi connectivity index (χ0) is 26.2. The van der Waals surface area contributed by atoms with Gasteiger partial charge < -0.3 is 32.5 Å². The van der Waals surface area contributed by atoms with Gasteiger partial charge in [-0.3, -0.25) is 14.4 Å². The van der Waals surface area contributed by atoms with Gasteiger partial charge in [0.05, 0.1) is 6.04 Å². The number of carbonyl (C=O) groups is 4. The van der Waals surface area contributed by atoms with Gasteiger partial charge in [0.2, 0.25) is 17.7 Å². The number of nitrogens with one attached hydrogen (secondary N) is 3. The number of amides is 3. The summed E-state index contributed by atoms with van der Waals surface area (Å²) < 4.78 is 0. The summed E-state index contributed by atoms with van der Waals surface area (Å²) in [5.74, 6) is -2.18. The maximum Gasteiger partial charge on any atom is 0.326 e. The van der Waals surface area contributed by atoms with Crippen molar-refractivity contribution in [1.29, 1.82) is 0 Å². The predicted molar refractivity (Wildman–Crippen MR) is 141 cm³/mol. The highest BCUT2D eigenvalue weighted by atomic mass is 32.2. The average molecular weight is 528 g/mol. The molecule has 0 fully saturated rings. The molecule has 4 atom stereocenters. The van der Waals surface area contributed by atoms with Crippen LogP contribution in [0.5, 0.6) is 0 Å². The second-order valence-electron chi connectivity index (χ2n) is 8.07. The molecule has 0 aromatic heterocycles. The van der Waals surface area contributed by atoms with Crippen molar-refractivity contribution >= 4 is 48.1 Å². The average Bonchev–Trinajstić information content (AvgIpc) is 2.85. The van der Waals surface area contributed by atoms with Crippen LogP contribution in [0.4, 0.5) is 0 Å². The van der Waals surface area contributed by atoms with Crippen LogP contribution in [-0.2, 0) is 25.6 Å². The summed E-state index contributed by atoms with van der Waals surface area (Å²) in [5, 5.41) is 17.3. The molecule has 12 heteroatoms. The van der Waals surface area contributed by atoms with Crippen LogP contribution < -0.4 is 27.4 Å². The highest BCUT2D eigenvalue weighted by Gasteiger charge is 2.30. The Bertz CT molecular complexity index is 815. The Balaban J connectivity index is 3.01. The van der Waals surface area contributed by atoms with Crippen LogP contribution in [0.15, 0.2) is 30.3 Å². The highest BCUT2D eigenvalue weighted by Crippen LogP contribution is 2.08. The molecule has 3 amide bonds. The number of benzene rings is 1. The second-order valence-corrected chi connectivity index (χ2v) is 9.42. The molecule has 0 heterocycles. The third kappa shape index (κ3) is 11.8. The molecule has 1 aromatic carbocycles. The SMILES string of the molecule is CSCCC(NC(=O)C(Cc1ccccc1)NC(=O)C(N)CS)C(=O)NC(CCCCN)C(=O)O. The lowest BCUT2D eigenvalue weighted by atomic mass is 10.0. The number of carbonyl (C=O) groups excluding carboxylic acids is 3. The van der Waals surface area contributed by atoms with Crippen LogP contribution in [0.1, 0.15) is 31.2 Å². The molecule has 0 saturated carbocycles. The number of thiol groups is 1. The lowest BCUT2D eigenvalue weighted by Gasteiger charge is -2.25. The van der Waals surface area contributed by atoms with E-state index < -0.39 is 47.9 Å². The molecule has 1 aromatic rings. The summed E-state index contributed by atoms with van der Waals surface area (Å²) >= 11 is 5.52. The van der Waals surface area contributed by atoms with E-state index in [1.54, 1.807) is 0 Å². The molecule has 0 radical (unpaired) electrons. The molecule has 35 heavy (non-hydrogen) atoms. The van der Waals surface area contributed by atoms with Crippen LogP contribution in [0.2, 0.25) is 0 Å². The summed E-state index contributed by atoms with van der Waals surface area (Å²) in [7, 11) is 0. The molecule has 0 aliphatic heterocycles. The van der Waals surface area contributed by atoms with E-state index >= 15 is 0 Å². The maximum atomic E-state index is 13.2. The minimum absolute atomic E-state index is 0.102. The van der Waals surface area contributed by atoms with E-state index in [1.807, 2.05) is 36.6 Å². The fraction of sp³-hybridized carbons (Fsp3) is 0.565. The molecule has 4 unspecified atom stereocenters. The third-order valence-electron chi connectivity index (χ3n) is 5.25. The molecule has 0 spiro atoms. The van der Waals surface area contributed by atoms with Gasteiger partial charge in [-0.1, -0.05) is 30.3 Å². The fourth-order valence-electron chi connectivity index (χ4n) is 3.22. The number of hydrogen-bond acceptors (Lipinski definition) is 8.